The molecule has 0 spiro atoms. The number of halogens is 1. The van der Waals surface area contributed by atoms with Gasteiger partial charge >= 0.3 is 0 Å². The van der Waals surface area contributed by atoms with Crippen LogP contribution in [-0.2, 0) is 14.8 Å². The number of nitrogens with one attached hydrogen (secondary N) is 1. The summed E-state index contributed by atoms with van der Waals surface area (Å²) in [5.41, 5.74) is 4.81. The lowest BCUT2D eigenvalue weighted by Crippen LogP contribution is -2.39. The molecule has 0 aliphatic heterocycles. The number of anilines is 1. The Kier molecular flexibility index (Phi) is 7.50. The molecule has 3 rings (SSSR count). The number of amides is 1. The molecule has 1 saturated carbocycles. The predicted molar refractivity (Wildman–Crippen MR) is 120 cm³/mol. The van der Waals surface area contributed by atoms with Gasteiger partial charge in [0.2, 0.25) is 0 Å². The molecule has 6 nitrogen and oxygen atoms in total. The van der Waals surface area contributed by atoms with Gasteiger partial charge in [0.1, 0.15) is 6.54 Å². The second-order valence-corrected chi connectivity index (χ2v) is 9.73. The summed E-state index contributed by atoms with van der Waals surface area (Å²) in [4.78, 5) is 12.7. The van der Waals surface area contributed by atoms with Crippen LogP contribution in [0, 0.1) is 6.92 Å². The second kappa shape index (κ2) is 10.1. The molecule has 0 aromatic heterocycles. The number of hydrazone groups is 1. The summed E-state index contributed by atoms with van der Waals surface area (Å²) in [6.07, 6.45) is 6.20. The van der Waals surface area contributed by atoms with Crippen molar-refractivity contribution in [3.8, 4) is 0 Å². The SMILES string of the molecule is Cc1ccc(S(=O)(=O)N(CC(=O)NN=C2CCCCCC2)c2ccc(Cl)cc2)cc1. The van der Waals surface area contributed by atoms with Gasteiger partial charge < -0.3 is 0 Å². The first-order valence-electron chi connectivity index (χ1n) is 10.1. The monoisotopic (exact) mass is 447 g/mol. The van der Waals surface area contributed by atoms with Crippen LogP contribution >= 0.6 is 11.6 Å². The molecule has 8 heteroatoms. The Balaban J connectivity index is 1.84. The van der Waals surface area contributed by atoms with Crippen molar-refractivity contribution in [3.63, 3.8) is 0 Å². The number of carbonyl (C=O) groups excluding carboxylic acids is 1. The summed E-state index contributed by atoms with van der Waals surface area (Å²) >= 11 is 5.95. The van der Waals surface area contributed by atoms with Crippen LogP contribution in [0.2, 0.25) is 5.02 Å². The first kappa shape index (κ1) is 22.3. The van der Waals surface area contributed by atoms with Gasteiger partial charge in [-0.3, -0.25) is 9.10 Å². The van der Waals surface area contributed by atoms with E-state index in [0.717, 1.165) is 41.3 Å². The number of nitrogens with zero attached hydrogens (tertiary/aromatic N) is 2. The first-order valence-corrected chi connectivity index (χ1v) is 11.9. The molecule has 30 heavy (non-hydrogen) atoms. The van der Waals surface area contributed by atoms with Gasteiger partial charge in [0.15, 0.2) is 0 Å². The number of sulfonamides is 1. The highest BCUT2D eigenvalue weighted by molar-refractivity contribution is 7.92. The van der Waals surface area contributed by atoms with Gasteiger partial charge in [0, 0.05) is 10.7 Å². The molecular weight excluding hydrogens is 422 g/mol. The average molecular weight is 448 g/mol. The maximum atomic E-state index is 13.3. The fraction of sp³-hybridized carbons (Fsp3) is 0.364. The topological polar surface area (TPSA) is 78.8 Å². The van der Waals surface area contributed by atoms with E-state index in [2.05, 4.69) is 10.5 Å². The van der Waals surface area contributed by atoms with Crippen molar-refractivity contribution in [2.24, 2.45) is 5.10 Å². The number of carbonyl (C=O) groups is 1. The van der Waals surface area contributed by atoms with E-state index in [-0.39, 0.29) is 11.4 Å². The smallest absolute Gasteiger partial charge is 0.264 e. The molecule has 0 radical (unpaired) electrons. The van der Waals surface area contributed by atoms with Gasteiger partial charge in [-0.1, -0.05) is 42.1 Å². The van der Waals surface area contributed by atoms with Crippen LogP contribution < -0.4 is 9.73 Å². The van der Waals surface area contributed by atoms with E-state index in [4.69, 9.17) is 11.6 Å². The zero-order valence-electron chi connectivity index (χ0n) is 17.0. The molecule has 0 unspecified atom stereocenters. The van der Waals surface area contributed by atoms with Crippen molar-refractivity contribution >= 4 is 38.9 Å². The Hall–Kier alpha value is -2.38. The third kappa shape index (κ3) is 5.83. The van der Waals surface area contributed by atoms with Crippen molar-refractivity contribution in [3.05, 3.63) is 59.1 Å². The molecule has 1 aliphatic rings. The van der Waals surface area contributed by atoms with Gasteiger partial charge in [-0.15, -0.1) is 0 Å². The minimum atomic E-state index is -3.95. The van der Waals surface area contributed by atoms with Crippen LogP contribution in [0.1, 0.15) is 44.1 Å². The predicted octanol–water partition coefficient (Wildman–Crippen LogP) is 4.67. The highest BCUT2D eigenvalue weighted by atomic mass is 35.5. The van der Waals surface area contributed by atoms with Crippen LogP contribution in [0.15, 0.2) is 58.5 Å². The van der Waals surface area contributed by atoms with Gasteiger partial charge in [0.25, 0.3) is 15.9 Å². The van der Waals surface area contributed by atoms with Gasteiger partial charge in [-0.25, -0.2) is 13.8 Å². The van der Waals surface area contributed by atoms with Crippen LogP contribution in [-0.4, -0.2) is 26.6 Å². The zero-order valence-corrected chi connectivity index (χ0v) is 18.5. The Morgan fingerprint density at radius 2 is 1.60 bits per heavy atom. The normalized spacial score (nSPS) is 14.7. The maximum Gasteiger partial charge on any atom is 0.264 e. The number of aryl methyl sites for hydroxylation is 1. The molecule has 0 heterocycles. The summed E-state index contributed by atoms with van der Waals surface area (Å²) in [5, 5.41) is 4.73. The van der Waals surface area contributed by atoms with Crippen molar-refractivity contribution in [2.75, 3.05) is 10.8 Å². The van der Waals surface area contributed by atoms with Crippen molar-refractivity contribution in [1.82, 2.24) is 5.43 Å². The molecule has 1 N–H and O–H groups in total. The van der Waals surface area contributed by atoms with E-state index in [0.29, 0.717) is 10.7 Å². The highest BCUT2D eigenvalue weighted by Gasteiger charge is 2.27. The summed E-state index contributed by atoms with van der Waals surface area (Å²) in [6, 6.07) is 12.9. The standard InChI is InChI=1S/C22H26ClN3O3S/c1-17-8-14-21(15-9-17)30(28,29)26(20-12-10-18(23)11-13-20)16-22(27)25-24-19-6-4-2-3-5-7-19/h8-15H,2-7,16H2,1H3,(H,25,27). The van der Waals surface area contributed by atoms with Crippen LogP contribution in [0.4, 0.5) is 5.69 Å². The maximum absolute atomic E-state index is 13.3. The summed E-state index contributed by atoms with van der Waals surface area (Å²) < 4.78 is 27.7. The fourth-order valence-corrected chi connectivity index (χ4v) is 4.86. The van der Waals surface area contributed by atoms with Gasteiger partial charge in [-0.05, 0) is 69.0 Å². The Bertz CT molecular complexity index is 993. The number of hydrogen-bond donors (Lipinski definition) is 1. The Labute approximate surface area is 183 Å². The van der Waals surface area contributed by atoms with E-state index < -0.39 is 15.9 Å². The van der Waals surface area contributed by atoms with Gasteiger partial charge in [-0.2, -0.15) is 5.10 Å². The second-order valence-electron chi connectivity index (χ2n) is 7.43. The van der Waals surface area contributed by atoms with Crippen molar-refractivity contribution < 1.29 is 13.2 Å². The Morgan fingerprint density at radius 3 is 2.20 bits per heavy atom. The number of benzene rings is 2. The quantitative estimate of drug-likeness (QED) is 0.516. The van der Waals surface area contributed by atoms with Crippen LogP contribution in [0.3, 0.4) is 0 Å². The number of hydrogen-bond acceptors (Lipinski definition) is 4. The summed E-state index contributed by atoms with van der Waals surface area (Å²) in [6.45, 7) is 1.50. The van der Waals surface area contributed by atoms with Crippen LogP contribution in [0.25, 0.3) is 0 Å². The third-order valence-electron chi connectivity index (χ3n) is 5.03. The highest BCUT2D eigenvalue weighted by Crippen LogP contribution is 2.25. The molecule has 1 aliphatic carbocycles. The molecule has 2 aromatic carbocycles. The number of rotatable bonds is 6. The van der Waals surface area contributed by atoms with Crippen molar-refractivity contribution in [1.29, 1.82) is 0 Å². The van der Waals surface area contributed by atoms with E-state index in [1.807, 2.05) is 6.92 Å². The first-order chi connectivity index (χ1) is 14.4. The molecule has 0 bridgehead atoms. The molecule has 1 amide bonds. The lowest BCUT2D eigenvalue weighted by atomic mass is 10.2. The fourth-order valence-electron chi connectivity index (χ4n) is 3.32. The summed E-state index contributed by atoms with van der Waals surface area (Å²) in [5.74, 6) is -0.489. The van der Waals surface area contributed by atoms with Crippen LogP contribution in [0.5, 0.6) is 0 Å². The molecule has 0 saturated heterocycles. The lowest BCUT2D eigenvalue weighted by molar-refractivity contribution is -0.119. The average Bonchev–Trinajstić information content (AvgIpc) is 3.00. The van der Waals surface area contributed by atoms with Crippen molar-refractivity contribution in [2.45, 2.75) is 50.3 Å². The third-order valence-corrected chi connectivity index (χ3v) is 7.07. The molecule has 1 fully saturated rings. The largest absolute Gasteiger partial charge is 0.271 e. The molecular formula is C22H26ClN3O3S. The lowest BCUT2D eigenvalue weighted by Gasteiger charge is -2.24. The molecule has 0 atom stereocenters. The summed E-state index contributed by atoms with van der Waals surface area (Å²) in [7, 11) is -3.95. The zero-order chi connectivity index (χ0) is 21.6. The van der Waals surface area contributed by atoms with E-state index in [9.17, 15) is 13.2 Å². The molecule has 160 valence electrons. The van der Waals surface area contributed by atoms with Gasteiger partial charge in [0.05, 0.1) is 10.6 Å². The van der Waals surface area contributed by atoms with E-state index >= 15 is 0 Å². The molecule has 2 aromatic rings. The van der Waals surface area contributed by atoms with E-state index in [1.54, 1.807) is 36.4 Å². The minimum Gasteiger partial charge on any atom is -0.271 e. The minimum absolute atomic E-state index is 0.117. The van der Waals surface area contributed by atoms with E-state index in [1.165, 1.54) is 25.0 Å². The Morgan fingerprint density at radius 1 is 1.00 bits per heavy atom.